The molecule has 0 radical (unpaired) electrons. The van der Waals surface area contributed by atoms with Gasteiger partial charge >= 0.3 is 0 Å². The Morgan fingerprint density at radius 3 is 2.85 bits per heavy atom. The molecule has 3 nitrogen and oxygen atoms in total. The van der Waals surface area contributed by atoms with E-state index in [-0.39, 0.29) is 0 Å². The van der Waals surface area contributed by atoms with Crippen LogP contribution in [0.25, 0.3) is 0 Å². The molecule has 0 fully saturated rings. The highest BCUT2D eigenvalue weighted by Gasteiger charge is 2.22. The predicted molar refractivity (Wildman–Crippen MR) is 50.0 cm³/mol. The van der Waals surface area contributed by atoms with Gasteiger partial charge in [-0.1, -0.05) is 0 Å². The van der Waals surface area contributed by atoms with Gasteiger partial charge < -0.3 is 0 Å². The van der Waals surface area contributed by atoms with E-state index in [1.807, 2.05) is 4.68 Å². The smallest absolute Gasteiger partial charge is 0.170 e. The zero-order valence-electron chi connectivity index (χ0n) is 8.08. The van der Waals surface area contributed by atoms with Crippen molar-refractivity contribution in [3.63, 3.8) is 0 Å². The van der Waals surface area contributed by atoms with Crippen molar-refractivity contribution < 1.29 is 4.79 Å². The Morgan fingerprint density at radius 1 is 1.46 bits per heavy atom. The molecule has 2 rings (SSSR count). The first-order chi connectivity index (χ1) is 6.24. The van der Waals surface area contributed by atoms with Crippen LogP contribution in [0.2, 0.25) is 0 Å². The van der Waals surface area contributed by atoms with Crippen LogP contribution in [0.3, 0.4) is 0 Å². The largest absolute Gasteiger partial charge is 0.296 e. The van der Waals surface area contributed by atoms with Crippen LogP contribution in [0, 0.1) is 0 Å². The van der Waals surface area contributed by atoms with E-state index < -0.39 is 0 Å². The molecule has 0 amide bonds. The van der Waals surface area contributed by atoms with Crippen LogP contribution in [-0.2, 0) is 12.8 Å². The first-order valence-electron chi connectivity index (χ1n) is 4.79. The van der Waals surface area contributed by atoms with E-state index in [0.29, 0.717) is 11.7 Å². The highest BCUT2D eigenvalue weighted by Crippen LogP contribution is 2.26. The van der Waals surface area contributed by atoms with Gasteiger partial charge in [0, 0.05) is 17.3 Å². The molecule has 0 saturated carbocycles. The Morgan fingerprint density at radius 2 is 2.23 bits per heavy atom. The summed E-state index contributed by atoms with van der Waals surface area (Å²) < 4.78 is 1.99. The summed E-state index contributed by atoms with van der Waals surface area (Å²) in [6.07, 6.45) is 4.15. The average molecular weight is 178 g/mol. The molecular weight excluding hydrogens is 164 g/mol. The Hall–Kier alpha value is -1.12. The molecule has 0 unspecified atom stereocenters. The maximum Gasteiger partial charge on any atom is 0.170 e. The van der Waals surface area contributed by atoms with Crippen molar-refractivity contribution in [3.05, 3.63) is 17.0 Å². The normalized spacial score (nSPS) is 15.0. The maximum absolute atomic E-state index is 10.7. The van der Waals surface area contributed by atoms with Crippen LogP contribution in [0.1, 0.15) is 48.1 Å². The Kier molecular flexibility index (Phi) is 1.94. The number of hydrogen-bond acceptors (Lipinski definition) is 2. The lowest BCUT2D eigenvalue weighted by Crippen LogP contribution is -2.06. The van der Waals surface area contributed by atoms with Crippen molar-refractivity contribution in [1.82, 2.24) is 9.78 Å². The van der Waals surface area contributed by atoms with E-state index in [2.05, 4.69) is 18.9 Å². The van der Waals surface area contributed by atoms with Gasteiger partial charge in [0.2, 0.25) is 0 Å². The third-order valence-electron chi connectivity index (χ3n) is 2.59. The zero-order valence-corrected chi connectivity index (χ0v) is 8.08. The molecule has 0 aromatic carbocycles. The first kappa shape index (κ1) is 8.48. The highest BCUT2D eigenvalue weighted by atomic mass is 16.1. The van der Waals surface area contributed by atoms with Crippen LogP contribution < -0.4 is 0 Å². The van der Waals surface area contributed by atoms with Crippen LogP contribution >= 0.6 is 0 Å². The summed E-state index contributed by atoms with van der Waals surface area (Å²) in [5, 5.41) is 4.30. The molecule has 1 aromatic rings. The molecule has 1 aliphatic rings. The summed E-state index contributed by atoms with van der Waals surface area (Å²) in [5.41, 5.74) is 3.11. The molecule has 1 aliphatic carbocycles. The van der Waals surface area contributed by atoms with Gasteiger partial charge in [0.25, 0.3) is 0 Å². The van der Waals surface area contributed by atoms with E-state index in [4.69, 9.17) is 0 Å². The van der Waals surface area contributed by atoms with Gasteiger partial charge in [0.1, 0.15) is 5.69 Å². The third-order valence-corrected chi connectivity index (χ3v) is 2.59. The fraction of sp³-hybridized carbons (Fsp3) is 0.600. The van der Waals surface area contributed by atoms with E-state index in [1.54, 1.807) is 0 Å². The van der Waals surface area contributed by atoms with E-state index in [9.17, 15) is 4.79 Å². The lowest BCUT2D eigenvalue weighted by atomic mass is 10.2. The molecule has 1 aromatic heterocycles. The van der Waals surface area contributed by atoms with Crippen LogP contribution in [0.5, 0.6) is 0 Å². The Labute approximate surface area is 77.7 Å². The number of nitrogens with zero attached hydrogens (tertiary/aromatic N) is 2. The molecule has 0 N–H and O–H groups in total. The SMILES string of the molecule is CC(C)n1nc(C=O)c2c1CCC2. The third kappa shape index (κ3) is 1.19. The minimum absolute atomic E-state index is 0.362. The molecule has 0 aliphatic heterocycles. The summed E-state index contributed by atoms with van der Waals surface area (Å²) in [6, 6.07) is 0.362. The van der Waals surface area contributed by atoms with E-state index in [1.165, 1.54) is 17.7 Å². The summed E-state index contributed by atoms with van der Waals surface area (Å²) in [4.78, 5) is 10.7. The fourth-order valence-electron chi connectivity index (χ4n) is 2.02. The maximum atomic E-state index is 10.7. The van der Waals surface area contributed by atoms with Crippen molar-refractivity contribution >= 4 is 6.29 Å². The minimum Gasteiger partial charge on any atom is -0.296 e. The average Bonchev–Trinajstić information content (AvgIpc) is 2.61. The lowest BCUT2D eigenvalue weighted by molar-refractivity contribution is 0.111. The lowest BCUT2D eigenvalue weighted by Gasteiger charge is -2.08. The van der Waals surface area contributed by atoms with Crippen molar-refractivity contribution in [2.75, 3.05) is 0 Å². The van der Waals surface area contributed by atoms with Crippen molar-refractivity contribution in [3.8, 4) is 0 Å². The summed E-state index contributed by atoms with van der Waals surface area (Å²) in [6.45, 7) is 4.19. The second kappa shape index (κ2) is 2.98. The number of fused-ring (bicyclic) bond motifs is 1. The molecule has 3 heteroatoms. The van der Waals surface area contributed by atoms with E-state index >= 15 is 0 Å². The van der Waals surface area contributed by atoms with Gasteiger partial charge in [-0.15, -0.1) is 0 Å². The van der Waals surface area contributed by atoms with Crippen LogP contribution in [-0.4, -0.2) is 16.1 Å². The molecule has 70 valence electrons. The topological polar surface area (TPSA) is 34.9 Å². The summed E-state index contributed by atoms with van der Waals surface area (Å²) in [5.74, 6) is 0. The van der Waals surface area contributed by atoms with Gasteiger partial charge in [-0.05, 0) is 33.1 Å². The van der Waals surface area contributed by atoms with Crippen molar-refractivity contribution in [1.29, 1.82) is 0 Å². The molecular formula is C10H14N2O. The van der Waals surface area contributed by atoms with Gasteiger partial charge in [0.15, 0.2) is 6.29 Å². The van der Waals surface area contributed by atoms with Crippen LogP contribution in [0.4, 0.5) is 0 Å². The van der Waals surface area contributed by atoms with Gasteiger partial charge in [-0.25, -0.2) is 0 Å². The van der Waals surface area contributed by atoms with Gasteiger partial charge in [-0.2, -0.15) is 5.10 Å². The van der Waals surface area contributed by atoms with Gasteiger partial charge in [0.05, 0.1) is 0 Å². The monoisotopic (exact) mass is 178 g/mol. The number of aromatic nitrogens is 2. The number of carbonyl (C=O) groups excluding carboxylic acids is 1. The summed E-state index contributed by atoms with van der Waals surface area (Å²) in [7, 11) is 0. The number of hydrogen-bond donors (Lipinski definition) is 0. The minimum atomic E-state index is 0.362. The Bertz CT molecular complexity index is 339. The second-order valence-corrected chi connectivity index (χ2v) is 3.82. The number of carbonyl (C=O) groups is 1. The van der Waals surface area contributed by atoms with E-state index in [0.717, 1.165) is 19.1 Å². The molecule has 0 atom stereocenters. The number of aldehydes is 1. The molecule has 13 heavy (non-hydrogen) atoms. The number of rotatable bonds is 2. The van der Waals surface area contributed by atoms with Crippen molar-refractivity contribution in [2.45, 2.75) is 39.2 Å². The quantitative estimate of drug-likeness (QED) is 0.647. The zero-order chi connectivity index (χ0) is 9.42. The summed E-state index contributed by atoms with van der Waals surface area (Å²) >= 11 is 0. The standard InChI is InChI=1S/C10H14N2O/c1-7(2)12-10-5-3-4-8(10)9(6-13)11-12/h6-7H,3-5H2,1-2H3. The fourth-order valence-corrected chi connectivity index (χ4v) is 2.02. The first-order valence-corrected chi connectivity index (χ1v) is 4.79. The van der Waals surface area contributed by atoms with Crippen molar-refractivity contribution in [2.24, 2.45) is 0 Å². The molecule has 0 bridgehead atoms. The van der Waals surface area contributed by atoms with Gasteiger partial charge in [-0.3, -0.25) is 9.48 Å². The molecule has 1 heterocycles. The van der Waals surface area contributed by atoms with Crippen LogP contribution in [0.15, 0.2) is 0 Å². The molecule has 0 saturated heterocycles. The highest BCUT2D eigenvalue weighted by molar-refractivity contribution is 5.75. The predicted octanol–water partition coefficient (Wildman–Crippen LogP) is 1.77. The Balaban J connectivity index is 2.53. The molecule has 0 spiro atoms. The second-order valence-electron chi connectivity index (χ2n) is 3.82.